The number of nitrogens with zero attached hydrogens (tertiary/aromatic N) is 4. The lowest BCUT2D eigenvalue weighted by atomic mass is 9.95. The van der Waals surface area contributed by atoms with Gasteiger partial charge in [0.1, 0.15) is 11.3 Å². The smallest absolute Gasteiger partial charge is 0.251 e. The molecule has 6 rings (SSSR count). The maximum atomic E-state index is 13.7. The highest BCUT2D eigenvalue weighted by Gasteiger charge is 2.23. The summed E-state index contributed by atoms with van der Waals surface area (Å²) in [7, 11) is 0. The number of imidazole rings is 1. The van der Waals surface area contributed by atoms with E-state index in [-0.39, 0.29) is 18.5 Å². The molecule has 1 amide bonds. The Balaban J connectivity index is 1.29. The second-order valence-electron chi connectivity index (χ2n) is 11.3. The van der Waals surface area contributed by atoms with E-state index < -0.39 is 11.6 Å². The number of piperidine rings is 1. The Morgan fingerprint density at radius 1 is 1.02 bits per heavy atom. The van der Waals surface area contributed by atoms with E-state index in [9.17, 15) is 13.6 Å². The van der Waals surface area contributed by atoms with Crippen LogP contribution in [0, 0.1) is 17.6 Å². The molecule has 0 bridgehead atoms. The first-order valence-electron chi connectivity index (χ1n) is 14.7. The van der Waals surface area contributed by atoms with Crippen LogP contribution >= 0.6 is 11.6 Å². The first kappa shape index (κ1) is 28.5. The zero-order valence-corrected chi connectivity index (χ0v) is 24.1. The third-order valence-corrected chi connectivity index (χ3v) is 8.49. The van der Waals surface area contributed by atoms with E-state index >= 15 is 0 Å². The van der Waals surface area contributed by atoms with Gasteiger partial charge in [0.05, 0.1) is 11.2 Å². The van der Waals surface area contributed by atoms with Crippen LogP contribution in [0.2, 0.25) is 5.02 Å². The maximum absolute atomic E-state index is 13.7. The molecule has 42 heavy (non-hydrogen) atoms. The van der Waals surface area contributed by atoms with Crippen LogP contribution < -0.4 is 16.0 Å². The topological polar surface area (TPSA) is 96.8 Å². The Morgan fingerprint density at radius 2 is 1.88 bits per heavy atom. The number of rotatable bonds is 8. The predicted molar refractivity (Wildman–Crippen MR) is 159 cm³/mol. The average Bonchev–Trinajstić information content (AvgIpc) is 3.35. The number of fused-ring (bicyclic) bond motifs is 1. The highest BCUT2D eigenvalue weighted by Crippen LogP contribution is 2.32. The van der Waals surface area contributed by atoms with Crippen LogP contribution in [0.1, 0.15) is 60.9 Å². The molecule has 4 aromatic rings. The number of hydrogen-bond acceptors (Lipinski definition) is 6. The number of carbonyl (C=O) groups is 1. The van der Waals surface area contributed by atoms with Crippen LogP contribution in [-0.4, -0.2) is 44.6 Å². The molecule has 220 valence electrons. The largest absolute Gasteiger partial charge is 0.350 e. The summed E-state index contributed by atoms with van der Waals surface area (Å²) in [6.07, 6.45) is 9.34. The molecular formula is C31H34ClF2N7O. The Hall–Kier alpha value is -3.63. The number of halogens is 3. The molecule has 1 aliphatic carbocycles. The van der Waals surface area contributed by atoms with Crippen molar-refractivity contribution in [1.82, 2.24) is 30.2 Å². The van der Waals surface area contributed by atoms with E-state index in [0.29, 0.717) is 57.1 Å². The Kier molecular flexibility index (Phi) is 8.62. The van der Waals surface area contributed by atoms with Crippen LogP contribution in [0.25, 0.3) is 22.6 Å². The fourth-order valence-electron chi connectivity index (χ4n) is 5.90. The van der Waals surface area contributed by atoms with Crippen molar-refractivity contribution in [3.63, 3.8) is 0 Å². The number of anilines is 1. The van der Waals surface area contributed by atoms with Gasteiger partial charge in [-0.1, -0.05) is 36.9 Å². The number of benzene rings is 2. The summed E-state index contributed by atoms with van der Waals surface area (Å²) in [6, 6.07) is 9.34. The first-order valence-corrected chi connectivity index (χ1v) is 15.0. The summed E-state index contributed by atoms with van der Waals surface area (Å²) in [5.41, 5.74) is 3.07. The summed E-state index contributed by atoms with van der Waals surface area (Å²) in [5, 5.41) is 10.2. The van der Waals surface area contributed by atoms with Gasteiger partial charge in [-0.25, -0.2) is 18.7 Å². The van der Waals surface area contributed by atoms with Gasteiger partial charge in [0.2, 0.25) is 5.95 Å². The van der Waals surface area contributed by atoms with Crippen molar-refractivity contribution in [2.45, 2.75) is 64.1 Å². The van der Waals surface area contributed by atoms with Crippen LogP contribution in [0.15, 0.2) is 42.6 Å². The fourth-order valence-corrected chi connectivity index (χ4v) is 6.17. The molecule has 2 fully saturated rings. The van der Waals surface area contributed by atoms with E-state index in [1.807, 2.05) is 6.07 Å². The highest BCUT2D eigenvalue weighted by molar-refractivity contribution is 6.33. The van der Waals surface area contributed by atoms with Gasteiger partial charge >= 0.3 is 0 Å². The average molecular weight is 594 g/mol. The van der Waals surface area contributed by atoms with Crippen molar-refractivity contribution in [1.29, 1.82) is 0 Å². The van der Waals surface area contributed by atoms with E-state index in [4.69, 9.17) is 21.6 Å². The summed E-state index contributed by atoms with van der Waals surface area (Å²) in [6.45, 7) is 2.80. The summed E-state index contributed by atoms with van der Waals surface area (Å²) < 4.78 is 29.1. The van der Waals surface area contributed by atoms with Crippen LogP contribution in [0.5, 0.6) is 0 Å². The number of aromatic nitrogens is 4. The second-order valence-corrected chi connectivity index (χ2v) is 11.7. The van der Waals surface area contributed by atoms with Gasteiger partial charge < -0.3 is 20.5 Å². The van der Waals surface area contributed by atoms with Crippen LogP contribution in [0.4, 0.5) is 14.7 Å². The lowest BCUT2D eigenvalue weighted by molar-refractivity contribution is 0.0927. The standard InChI is InChI=1S/C31H34ClF2N7O/c32-24-14-21(30(42)38-22-6-2-1-3-7-22)9-10-23(24)28-39-27-17-37-31(36-16-19-8-11-25(33)26(34)13-19)40-29(27)41(28)18-20-5-4-12-35-15-20/h8-11,13-14,17,20,22,35H,1-7,12,15-16,18H2,(H,38,42)(H,36,37,40)/t20-/m1/s1. The zero-order valence-electron chi connectivity index (χ0n) is 23.3. The van der Waals surface area contributed by atoms with Gasteiger partial charge in [0.25, 0.3) is 5.91 Å². The molecule has 1 aliphatic heterocycles. The summed E-state index contributed by atoms with van der Waals surface area (Å²) >= 11 is 6.81. The third-order valence-electron chi connectivity index (χ3n) is 8.17. The third kappa shape index (κ3) is 6.39. The van der Waals surface area contributed by atoms with Crippen molar-refractivity contribution in [3.05, 3.63) is 70.4 Å². The Labute approximate surface area is 248 Å². The molecule has 2 aromatic heterocycles. The first-order chi connectivity index (χ1) is 20.4. The molecule has 3 heterocycles. The van der Waals surface area contributed by atoms with Crippen molar-refractivity contribution in [2.24, 2.45) is 5.92 Å². The van der Waals surface area contributed by atoms with Gasteiger partial charge in [0, 0.05) is 30.3 Å². The number of carbonyl (C=O) groups excluding carboxylic acids is 1. The number of hydrogen-bond donors (Lipinski definition) is 3. The van der Waals surface area contributed by atoms with Crippen molar-refractivity contribution in [2.75, 3.05) is 18.4 Å². The second kappa shape index (κ2) is 12.7. The Morgan fingerprint density at radius 3 is 2.64 bits per heavy atom. The maximum Gasteiger partial charge on any atom is 0.251 e. The molecule has 1 saturated heterocycles. The summed E-state index contributed by atoms with van der Waals surface area (Å²) in [4.78, 5) is 27.0. The van der Waals surface area contributed by atoms with Crippen LogP contribution in [-0.2, 0) is 13.1 Å². The highest BCUT2D eigenvalue weighted by atomic mass is 35.5. The molecule has 1 atom stereocenters. The quantitative estimate of drug-likeness (QED) is 0.228. The minimum atomic E-state index is -0.899. The van der Waals surface area contributed by atoms with Gasteiger partial charge in [-0.2, -0.15) is 4.98 Å². The minimum absolute atomic E-state index is 0.111. The SMILES string of the molecule is O=C(NC1CCCCC1)c1ccc(-c2nc3cnc(NCc4ccc(F)c(F)c4)nc3n2C[C@@H]2CCCNC2)c(Cl)c1. The van der Waals surface area contributed by atoms with E-state index in [2.05, 4.69) is 25.5 Å². The van der Waals surface area contributed by atoms with Gasteiger partial charge in [-0.05, 0) is 80.6 Å². The Bertz CT molecular complexity index is 1580. The number of nitrogens with one attached hydrogen (secondary N) is 3. The molecule has 0 unspecified atom stereocenters. The number of amides is 1. The molecule has 11 heteroatoms. The van der Waals surface area contributed by atoms with Crippen molar-refractivity contribution < 1.29 is 13.6 Å². The van der Waals surface area contributed by atoms with E-state index in [1.54, 1.807) is 18.3 Å². The van der Waals surface area contributed by atoms with Crippen molar-refractivity contribution >= 4 is 34.6 Å². The molecule has 1 saturated carbocycles. The molecule has 8 nitrogen and oxygen atoms in total. The van der Waals surface area contributed by atoms with Gasteiger partial charge in [0.15, 0.2) is 17.3 Å². The molecule has 2 aliphatic rings. The lowest BCUT2D eigenvalue weighted by Gasteiger charge is -2.24. The van der Waals surface area contributed by atoms with Gasteiger partial charge in [-0.3, -0.25) is 4.79 Å². The minimum Gasteiger partial charge on any atom is -0.350 e. The lowest BCUT2D eigenvalue weighted by Crippen LogP contribution is -2.36. The monoisotopic (exact) mass is 593 g/mol. The molecule has 0 spiro atoms. The van der Waals surface area contributed by atoms with E-state index in [0.717, 1.165) is 63.7 Å². The predicted octanol–water partition coefficient (Wildman–Crippen LogP) is 6.10. The molecular weight excluding hydrogens is 560 g/mol. The van der Waals surface area contributed by atoms with Gasteiger partial charge in [-0.15, -0.1) is 0 Å². The molecule has 2 aromatic carbocycles. The normalized spacial score (nSPS) is 17.8. The van der Waals surface area contributed by atoms with E-state index in [1.165, 1.54) is 12.5 Å². The van der Waals surface area contributed by atoms with Crippen LogP contribution in [0.3, 0.4) is 0 Å². The zero-order chi connectivity index (χ0) is 29.1. The fraction of sp³-hybridized carbons (Fsp3) is 0.419. The molecule has 3 N–H and O–H groups in total. The summed E-state index contributed by atoms with van der Waals surface area (Å²) in [5.74, 6) is -0.512. The molecule has 0 radical (unpaired) electrons. The van der Waals surface area contributed by atoms with Crippen molar-refractivity contribution in [3.8, 4) is 11.4 Å².